The van der Waals surface area contributed by atoms with Gasteiger partial charge in [-0.1, -0.05) is 48.5 Å². The number of rotatable bonds is 8. The minimum Gasteiger partial charge on any atom is -0.497 e. The number of benzene rings is 3. The van der Waals surface area contributed by atoms with Crippen LogP contribution in [-0.4, -0.2) is 35.1 Å². The van der Waals surface area contributed by atoms with Crippen LogP contribution in [0.1, 0.15) is 24.9 Å². The summed E-state index contributed by atoms with van der Waals surface area (Å²) in [6.45, 7) is 9.74. The summed E-state index contributed by atoms with van der Waals surface area (Å²) in [5.41, 5.74) is 6.42. The van der Waals surface area contributed by atoms with Crippen molar-refractivity contribution in [3.8, 4) is 5.75 Å². The summed E-state index contributed by atoms with van der Waals surface area (Å²) in [5, 5.41) is 0. The molecule has 1 heterocycles. The number of methoxy groups -OCH3 is 1. The van der Waals surface area contributed by atoms with Gasteiger partial charge in [0.05, 0.1) is 25.8 Å². The summed E-state index contributed by atoms with van der Waals surface area (Å²) in [6.07, 6.45) is 0.913. The SMILES string of the molecule is COc1ccc(N2[C@H](CO[Si](C)(C)C)C(C)=C(N(C)c3ccccc3)C[C@@H]2c2ccccc2)cc1. The van der Waals surface area contributed by atoms with Gasteiger partial charge in [0.15, 0.2) is 8.32 Å². The Morgan fingerprint density at radius 1 is 0.886 bits per heavy atom. The third-order valence-electron chi connectivity index (χ3n) is 6.79. The molecule has 0 spiro atoms. The Morgan fingerprint density at radius 2 is 1.49 bits per heavy atom. The molecule has 0 radical (unpaired) electrons. The van der Waals surface area contributed by atoms with E-state index >= 15 is 0 Å². The summed E-state index contributed by atoms with van der Waals surface area (Å²) in [5.74, 6) is 0.869. The zero-order valence-electron chi connectivity index (χ0n) is 21.9. The molecule has 0 saturated carbocycles. The molecule has 5 heteroatoms. The maximum atomic E-state index is 6.57. The molecular formula is C30H38N2O2Si. The molecule has 0 unspecified atom stereocenters. The van der Waals surface area contributed by atoms with Crippen molar-refractivity contribution < 1.29 is 9.16 Å². The van der Waals surface area contributed by atoms with Gasteiger partial charge >= 0.3 is 0 Å². The monoisotopic (exact) mass is 486 g/mol. The van der Waals surface area contributed by atoms with Crippen LogP contribution < -0.4 is 14.5 Å². The van der Waals surface area contributed by atoms with E-state index in [0.717, 1.165) is 12.2 Å². The molecule has 1 aliphatic rings. The van der Waals surface area contributed by atoms with E-state index < -0.39 is 8.32 Å². The first-order valence-corrected chi connectivity index (χ1v) is 15.8. The van der Waals surface area contributed by atoms with E-state index in [-0.39, 0.29) is 12.1 Å². The molecule has 1 aliphatic heterocycles. The molecule has 3 aromatic rings. The van der Waals surface area contributed by atoms with Crippen LogP contribution in [0.2, 0.25) is 19.6 Å². The highest BCUT2D eigenvalue weighted by Gasteiger charge is 2.37. The number of hydrogen-bond acceptors (Lipinski definition) is 4. The van der Waals surface area contributed by atoms with Crippen LogP contribution in [0.4, 0.5) is 11.4 Å². The topological polar surface area (TPSA) is 24.9 Å². The molecule has 0 amide bonds. The summed E-state index contributed by atoms with van der Waals surface area (Å²) in [4.78, 5) is 4.92. The maximum absolute atomic E-state index is 6.57. The lowest BCUT2D eigenvalue weighted by atomic mass is 9.87. The van der Waals surface area contributed by atoms with Crippen molar-refractivity contribution in [2.45, 2.75) is 45.1 Å². The summed E-state index contributed by atoms with van der Waals surface area (Å²) < 4.78 is 12.0. The van der Waals surface area contributed by atoms with Gasteiger partial charge in [0.2, 0.25) is 0 Å². The zero-order valence-corrected chi connectivity index (χ0v) is 22.9. The molecule has 0 bridgehead atoms. The summed E-state index contributed by atoms with van der Waals surface area (Å²) in [7, 11) is 2.19. The van der Waals surface area contributed by atoms with Crippen LogP contribution in [0.3, 0.4) is 0 Å². The van der Waals surface area contributed by atoms with Gasteiger partial charge in [-0.3, -0.25) is 0 Å². The van der Waals surface area contributed by atoms with Crippen molar-refractivity contribution in [2.75, 3.05) is 30.6 Å². The van der Waals surface area contributed by atoms with Crippen molar-refractivity contribution in [3.63, 3.8) is 0 Å². The third kappa shape index (κ3) is 5.80. The lowest BCUT2D eigenvalue weighted by molar-refractivity contribution is 0.276. The van der Waals surface area contributed by atoms with Crippen LogP contribution in [0.5, 0.6) is 5.75 Å². The number of hydrogen-bond donors (Lipinski definition) is 0. The van der Waals surface area contributed by atoms with E-state index in [9.17, 15) is 0 Å². The lowest BCUT2D eigenvalue weighted by Gasteiger charge is -2.47. The minimum atomic E-state index is -1.71. The standard InChI is InChI=1S/C30H38N2O2Si/c1-23-28(31(2)25-15-11-8-12-16-25)21-29(24-13-9-7-10-14-24)32(30(23)22-34-35(4,5)6)26-17-19-27(33-3)20-18-26/h7-20,29-30H,21-22H2,1-6H3/t29-,30-/m1/s1. The highest BCUT2D eigenvalue weighted by Crippen LogP contribution is 2.43. The molecular weight excluding hydrogens is 448 g/mol. The van der Waals surface area contributed by atoms with Crippen molar-refractivity contribution in [2.24, 2.45) is 0 Å². The van der Waals surface area contributed by atoms with Gasteiger partial charge in [-0.2, -0.15) is 0 Å². The van der Waals surface area contributed by atoms with Gasteiger partial charge in [-0.25, -0.2) is 0 Å². The molecule has 4 rings (SSSR count). The van der Waals surface area contributed by atoms with Crippen molar-refractivity contribution >= 4 is 19.7 Å². The van der Waals surface area contributed by atoms with Crippen molar-refractivity contribution in [1.29, 1.82) is 0 Å². The first-order valence-electron chi connectivity index (χ1n) is 12.4. The molecule has 184 valence electrons. The summed E-state index contributed by atoms with van der Waals surface area (Å²) >= 11 is 0. The molecule has 0 fully saturated rings. The first kappa shape index (κ1) is 25.1. The average Bonchev–Trinajstić information content (AvgIpc) is 2.88. The second-order valence-corrected chi connectivity index (χ2v) is 14.7. The number of nitrogens with zero attached hydrogens (tertiary/aromatic N) is 2. The second kappa shape index (κ2) is 10.7. The Kier molecular flexibility index (Phi) is 7.68. The Bertz CT molecular complexity index is 1120. The van der Waals surface area contributed by atoms with E-state index in [1.807, 2.05) is 0 Å². The first-order chi connectivity index (χ1) is 16.8. The zero-order chi connectivity index (χ0) is 25.0. The maximum Gasteiger partial charge on any atom is 0.183 e. The van der Waals surface area contributed by atoms with Crippen molar-refractivity contribution in [3.05, 3.63) is 102 Å². The number of anilines is 2. The minimum absolute atomic E-state index is 0.121. The Morgan fingerprint density at radius 3 is 2.06 bits per heavy atom. The predicted molar refractivity (Wildman–Crippen MR) is 150 cm³/mol. The van der Waals surface area contributed by atoms with Crippen molar-refractivity contribution in [1.82, 2.24) is 0 Å². The summed E-state index contributed by atoms with van der Waals surface area (Å²) in [6, 6.07) is 30.3. The average molecular weight is 487 g/mol. The molecule has 0 aromatic heterocycles. The Balaban J connectivity index is 1.84. The van der Waals surface area contributed by atoms with Gasteiger partial charge in [0.25, 0.3) is 0 Å². The lowest BCUT2D eigenvalue weighted by Crippen LogP contribution is -2.49. The van der Waals surface area contributed by atoms with Gasteiger partial charge in [0, 0.05) is 30.5 Å². The van der Waals surface area contributed by atoms with E-state index in [2.05, 4.69) is 128 Å². The smallest absolute Gasteiger partial charge is 0.183 e. The Labute approximate surface area is 211 Å². The highest BCUT2D eigenvalue weighted by atomic mass is 28.4. The molecule has 2 atom stereocenters. The van der Waals surface area contributed by atoms with E-state index in [0.29, 0.717) is 6.61 Å². The van der Waals surface area contributed by atoms with E-state index in [4.69, 9.17) is 9.16 Å². The van der Waals surface area contributed by atoms with Gasteiger partial charge < -0.3 is 19.0 Å². The van der Waals surface area contributed by atoms with Crippen LogP contribution in [-0.2, 0) is 4.43 Å². The quantitative estimate of drug-likeness (QED) is 0.312. The number of ether oxygens (including phenoxy) is 1. The van der Waals surface area contributed by atoms with Crippen LogP contribution in [0.15, 0.2) is 96.2 Å². The molecule has 35 heavy (non-hydrogen) atoms. The molecule has 4 nitrogen and oxygen atoms in total. The molecule has 0 aliphatic carbocycles. The fraction of sp³-hybridized carbons (Fsp3) is 0.333. The Hall–Kier alpha value is -3.02. The van der Waals surface area contributed by atoms with Gasteiger partial charge in [-0.05, 0) is 74.1 Å². The molecule has 0 saturated heterocycles. The molecule has 3 aromatic carbocycles. The fourth-order valence-corrected chi connectivity index (χ4v) is 5.53. The van der Waals surface area contributed by atoms with Crippen LogP contribution in [0, 0.1) is 0 Å². The molecule has 0 N–H and O–H groups in total. The highest BCUT2D eigenvalue weighted by molar-refractivity contribution is 6.69. The number of para-hydroxylation sites is 1. The van der Waals surface area contributed by atoms with E-state index in [1.165, 1.54) is 28.2 Å². The van der Waals surface area contributed by atoms with Crippen LogP contribution in [0.25, 0.3) is 0 Å². The normalized spacial score (nSPS) is 18.5. The second-order valence-electron chi connectivity index (χ2n) is 10.2. The van der Waals surface area contributed by atoms with E-state index in [1.54, 1.807) is 7.11 Å². The fourth-order valence-electron chi connectivity index (χ4n) is 4.87. The van der Waals surface area contributed by atoms with Gasteiger partial charge in [-0.15, -0.1) is 0 Å². The largest absolute Gasteiger partial charge is 0.497 e. The third-order valence-corrected chi connectivity index (χ3v) is 7.82. The van der Waals surface area contributed by atoms with Crippen LogP contribution >= 0.6 is 0 Å². The predicted octanol–water partition coefficient (Wildman–Crippen LogP) is 7.28. The van der Waals surface area contributed by atoms with Gasteiger partial charge in [0.1, 0.15) is 5.75 Å².